The Labute approximate surface area is 115 Å². The molecule has 1 aromatic heterocycles. The molecule has 1 aromatic rings. The summed E-state index contributed by atoms with van der Waals surface area (Å²) in [4.78, 5) is 0. The standard InChI is InChI=1S/C14H26N4O/c1-10(2)12-11(15)13(18(3)17-12)16-9-14(19)7-5-4-6-8-14/h10,16,19H,4-9,15H2,1-3H3. The first-order valence-corrected chi connectivity index (χ1v) is 7.21. The van der Waals surface area contributed by atoms with Gasteiger partial charge in [-0.15, -0.1) is 0 Å². The highest BCUT2D eigenvalue weighted by molar-refractivity contribution is 5.65. The predicted molar refractivity (Wildman–Crippen MR) is 78.2 cm³/mol. The van der Waals surface area contributed by atoms with E-state index in [4.69, 9.17) is 5.73 Å². The molecule has 2 rings (SSSR count). The van der Waals surface area contributed by atoms with Crippen LogP contribution in [0.5, 0.6) is 0 Å². The van der Waals surface area contributed by atoms with Gasteiger partial charge in [0.15, 0.2) is 0 Å². The monoisotopic (exact) mass is 266 g/mol. The lowest BCUT2D eigenvalue weighted by Crippen LogP contribution is -2.39. The smallest absolute Gasteiger partial charge is 0.147 e. The Balaban J connectivity index is 2.07. The lowest BCUT2D eigenvalue weighted by atomic mass is 9.85. The van der Waals surface area contributed by atoms with Crippen molar-refractivity contribution >= 4 is 11.5 Å². The highest BCUT2D eigenvalue weighted by Gasteiger charge is 2.29. The number of nitrogens with one attached hydrogen (secondary N) is 1. The Morgan fingerprint density at radius 2 is 2.00 bits per heavy atom. The van der Waals surface area contributed by atoms with Gasteiger partial charge < -0.3 is 16.2 Å². The van der Waals surface area contributed by atoms with E-state index in [2.05, 4.69) is 24.3 Å². The van der Waals surface area contributed by atoms with Crippen LogP contribution in [0, 0.1) is 0 Å². The van der Waals surface area contributed by atoms with E-state index in [1.807, 2.05) is 7.05 Å². The van der Waals surface area contributed by atoms with Gasteiger partial charge in [-0.2, -0.15) is 5.10 Å². The van der Waals surface area contributed by atoms with Crippen LogP contribution in [-0.2, 0) is 7.05 Å². The molecule has 0 atom stereocenters. The second kappa shape index (κ2) is 5.41. The predicted octanol–water partition coefficient (Wildman–Crippen LogP) is 2.23. The second-order valence-electron chi connectivity index (χ2n) is 6.06. The number of hydrogen-bond donors (Lipinski definition) is 3. The van der Waals surface area contributed by atoms with E-state index < -0.39 is 5.60 Å². The summed E-state index contributed by atoms with van der Waals surface area (Å²) in [5.74, 6) is 1.13. The first-order chi connectivity index (χ1) is 8.93. The Hall–Kier alpha value is -1.23. The van der Waals surface area contributed by atoms with Gasteiger partial charge in [0.1, 0.15) is 5.82 Å². The highest BCUT2D eigenvalue weighted by atomic mass is 16.3. The van der Waals surface area contributed by atoms with Crippen LogP contribution in [0.3, 0.4) is 0 Å². The molecule has 0 spiro atoms. The van der Waals surface area contributed by atoms with Crippen molar-refractivity contribution in [2.45, 2.75) is 57.5 Å². The Kier molecular flexibility index (Phi) is 4.04. The topological polar surface area (TPSA) is 76.1 Å². The fraction of sp³-hybridized carbons (Fsp3) is 0.786. The van der Waals surface area contributed by atoms with Crippen molar-refractivity contribution < 1.29 is 5.11 Å². The molecule has 0 saturated heterocycles. The number of hydrogen-bond acceptors (Lipinski definition) is 4. The summed E-state index contributed by atoms with van der Waals surface area (Å²) in [7, 11) is 1.88. The Bertz CT molecular complexity index is 433. The maximum absolute atomic E-state index is 10.5. The zero-order valence-electron chi connectivity index (χ0n) is 12.2. The molecule has 0 unspecified atom stereocenters. The number of aliphatic hydroxyl groups is 1. The molecule has 1 aliphatic carbocycles. The van der Waals surface area contributed by atoms with Gasteiger partial charge in [0.25, 0.3) is 0 Å². The molecule has 0 radical (unpaired) electrons. The van der Waals surface area contributed by atoms with Gasteiger partial charge in [0.05, 0.1) is 17.0 Å². The van der Waals surface area contributed by atoms with Gasteiger partial charge in [0, 0.05) is 13.6 Å². The second-order valence-corrected chi connectivity index (χ2v) is 6.06. The minimum atomic E-state index is -0.590. The van der Waals surface area contributed by atoms with Gasteiger partial charge >= 0.3 is 0 Å². The van der Waals surface area contributed by atoms with Crippen LogP contribution in [0.1, 0.15) is 57.6 Å². The maximum Gasteiger partial charge on any atom is 0.147 e. The molecule has 1 saturated carbocycles. The molecular weight excluding hydrogens is 240 g/mol. The van der Waals surface area contributed by atoms with Crippen molar-refractivity contribution in [3.8, 4) is 0 Å². The number of nitrogens with zero attached hydrogens (tertiary/aromatic N) is 2. The first kappa shape index (κ1) is 14.2. The molecule has 5 heteroatoms. The summed E-state index contributed by atoms with van der Waals surface area (Å²) in [6.45, 7) is 4.71. The van der Waals surface area contributed by atoms with Crippen molar-refractivity contribution in [1.82, 2.24) is 9.78 Å². The molecular formula is C14H26N4O. The molecule has 0 bridgehead atoms. The molecule has 0 aliphatic heterocycles. The average Bonchev–Trinajstić information content (AvgIpc) is 2.64. The third-order valence-corrected chi connectivity index (χ3v) is 4.03. The fourth-order valence-electron chi connectivity index (χ4n) is 2.83. The van der Waals surface area contributed by atoms with Crippen molar-refractivity contribution in [2.75, 3.05) is 17.6 Å². The van der Waals surface area contributed by atoms with Crippen LogP contribution in [0.25, 0.3) is 0 Å². The largest absolute Gasteiger partial charge is 0.394 e. The fourth-order valence-corrected chi connectivity index (χ4v) is 2.83. The van der Waals surface area contributed by atoms with Gasteiger partial charge in [-0.05, 0) is 18.8 Å². The number of aromatic nitrogens is 2. The molecule has 19 heavy (non-hydrogen) atoms. The summed E-state index contributed by atoms with van der Waals surface area (Å²) in [5, 5.41) is 18.2. The van der Waals surface area contributed by atoms with Gasteiger partial charge in [0.2, 0.25) is 0 Å². The van der Waals surface area contributed by atoms with E-state index in [0.717, 1.165) is 37.2 Å². The minimum absolute atomic E-state index is 0.305. The molecule has 5 nitrogen and oxygen atoms in total. The van der Waals surface area contributed by atoms with E-state index in [9.17, 15) is 5.11 Å². The van der Waals surface area contributed by atoms with Crippen LogP contribution in [0.2, 0.25) is 0 Å². The summed E-state index contributed by atoms with van der Waals surface area (Å²) >= 11 is 0. The van der Waals surface area contributed by atoms with Crippen LogP contribution < -0.4 is 11.1 Å². The third kappa shape index (κ3) is 3.03. The molecule has 108 valence electrons. The molecule has 0 amide bonds. The molecule has 0 aromatic carbocycles. The number of nitrogens with two attached hydrogens (primary N) is 1. The van der Waals surface area contributed by atoms with Crippen molar-refractivity contribution in [3.63, 3.8) is 0 Å². The summed E-state index contributed by atoms with van der Waals surface area (Å²) < 4.78 is 1.77. The number of aryl methyl sites for hydroxylation is 1. The van der Waals surface area contributed by atoms with Crippen molar-refractivity contribution in [1.29, 1.82) is 0 Å². The van der Waals surface area contributed by atoms with Crippen molar-refractivity contribution in [3.05, 3.63) is 5.69 Å². The molecule has 1 fully saturated rings. The van der Waals surface area contributed by atoms with Crippen LogP contribution >= 0.6 is 0 Å². The zero-order valence-corrected chi connectivity index (χ0v) is 12.2. The van der Waals surface area contributed by atoms with E-state index in [1.165, 1.54) is 6.42 Å². The van der Waals surface area contributed by atoms with Crippen LogP contribution in [0.15, 0.2) is 0 Å². The number of nitrogen functional groups attached to an aromatic ring is 1. The first-order valence-electron chi connectivity index (χ1n) is 7.21. The normalized spacial score (nSPS) is 18.8. The third-order valence-electron chi connectivity index (χ3n) is 4.03. The Morgan fingerprint density at radius 3 is 2.53 bits per heavy atom. The highest BCUT2D eigenvalue weighted by Crippen LogP contribution is 2.31. The van der Waals surface area contributed by atoms with Gasteiger partial charge in [-0.3, -0.25) is 4.68 Å². The average molecular weight is 266 g/mol. The van der Waals surface area contributed by atoms with Crippen LogP contribution in [-0.4, -0.2) is 27.0 Å². The number of rotatable bonds is 4. The lowest BCUT2D eigenvalue weighted by Gasteiger charge is -2.32. The van der Waals surface area contributed by atoms with E-state index in [-0.39, 0.29) is 0 Å². The van der Waals surface area contributed by atoms with E-state index in [0.29, 0.717) is 18.2 Å². The van der Waals surface area contributed by atoms with Gasteiger partial charge in [-0.25, -0.2) is 0 Å². The molecule has 1 heterocycles. The number of anilines is 2. The summed E-state index contributed by atoms with van der Waals surface area (Å²) in [6.07, 6.45) is 5.18. The quantitative estimate of drug-likeness (QED) is 0.781. The lowest BCUT2D eigenvalue weighted by molar-refractivity contribution is 0.0166. The molecule has 1 aliphatic rings. The SMILES string of the molecule is CC(C)c1nn(C)c(NCC2(O)CCCCC2)c1N. The zero-order chi connectivity index (χ0) is 14.0. The maximum atomic E-state index is 10.5. The summed E-state index contributed by atoms with van der Waals surface area (Å²) in [5.41, 5.74) is 7.17. The van der Waals surface area contributed by atoms with Crippen molar-refractivity contribution in [2.24, 2.45) is 7.05 Å². The Morgan fingerprint density at radius 1 is 1.37 bits per heavy atom. The summed E-state index contributed by atoms with van der Waals surface area (Å²) in [6, 6.07) is 0. The minimum Gasteiger partial charge on any atom is -0.394 e. The van der Waals surface area contributed by atoms with E-state index >= 15 is 0 Å². The van der Waals surface area contributed by atoms with Crippen LogP contribution in [0.4, 0.5) is 11.5 Å². The van der Waals surface area contributed by atoms with Gasteiger partial charge in [-0.1, -0.05) is 33.1 Å². The van der Waals surface area contributed by atoms with E-state index in [1.54, 1.807) is 4.68 Å². The molecule has 4 N–H and O–H groups in total.